The molecule has 2 nitrogen and oxygen atoms in total. The molecule has 0 N–H and O–H groups in total. The van der Waals surface area contributed by atoms with Gasteiger partial charge in [-0.25, -0.2) is 0 Å². The SMILES string of the molecule is Cc1c2c3c4c5c1Sc1ccccc1B5c1cccc5c6cccc(c6n-4c15)B3c1ccccc1O2. The Morgan fingerprint density at radius 3 is 2.08 bits per heavy atom. The number of ether oxygens (including phenoxy) is 1. The van der Waals surface area contributed by atoms with Crippen LogP contribution in [0.15, 0.2) is 94.7 Å². The van der Waals surface area contributed by atoms with Crippen LogP contribution in [0.4, 0.5) is 0 Å². The van der Waals surface area contributed by atoms with Crippen molar-refractivity contribution >= 4 is 79.8 Å². The Kier molecular flexibility index (Phi) is 3.04. The fraction of sp³-hybridized carbons (Fsp3) is 0.0323. The van der Waals surface area contributed by atoms with E-state index in [4.69, 9.17) is 4.74 Å². The summed E-state index contributed by atoms with van der Waals surface area (Å²) in [5.74, 6) is 2.04. The van der Waals surface area contributed by atoms with Crippen LogP contribution in [0.1, 0.15) is 5.56 Å². The molecule has 1 aromatic heterocycles. The van der Waals surface area contributed by atoms with E-state index >= 15 is 0 Å². The molecule has 5 heterocycles. The zero-order valence-electron chi connectivity index (χ0n) is 19.5. The normalized spacial score (nSPS) is 14.8. The molecule has 5 aromatic carbocycles. The lowest BCUT2D eigenvalue weighted by Gasteiger charge is -2.41. The second-order valence-corrected chi connectivity index (χ2v) is 11.5. The second kappa shape index (κ2) is 5.93. The van der Waals surface area contributed by atoms with Crippen LogP contribution in [-0.4, -0.2) is 18.0 Å². The largest absolute Gasteiger partial charge is 0.458 e. The minimum Gasteiger partial charge on any atom is -0.458 e. The molecule has 0 fully saturated rings. The Bertz CT molecular complexity index is 1900. The number of hydrogen-bond acceptors (Lipinski definition) is 2. The molecule has 10 rings (SSSR count). The highest BCUT2D eigenvalue weighted by Gasteiger charge is 2.48. The number of para-hydroxylation sites is 3. The fourth-order valence-electron chi connectivity index (χ4n) is 7.57. The Morgan fingerprint density at radius 2 is 1.31 bits per heavy atom. The van der Waals surface area contributed by atoms with Gasteiger partial charge in [0.05, 0.1) is 0 Å². The number of hydrogen-bond donors (Lipinski definition) is 0. The van der Waals surface area contributed by atoms with Crippen LogP contribution in [0.3, 0.4) is 0 Å². The molecular formula is C31H17B2NOS. The number of nitrogens with zero attached hydrogens (tertiary/aromatic N) is 1. The van der Waals surface area contributed by atoms with Crippen molar-refractivity contribution in [1.29, 1.82) is 0 Å². The van der Waals surface area contributed by atoms with Gasteiger partial charge in [-0.3, -0.25) is 0 Å². The lowest BCUT2D eigenvalue weighted by molar-refractivity contribution is 0.482. The second-order valence-electron chi connectivity index (χ2n) is 10.4. The Labute approximate surface area is 213 Å². The molecule has 164 valence electrons. The summed E-state index contributed by atoms with van der Waals surface area (Å²) in [6, 6.07) is 31.5. The summed E-state index contributed by atoms with van der Waals surface area (Å²) in [5, 5.41) is 2.71. The summed E-state index contributed by atoms with van der Waals surface area (Å²) in [4.78, 5) is 2.73. The third-order valence-electron chi connectivity index (χ3n) is 8.86. The average molecular weight is 473 g/mol. The van der Waals surface area contributed by atoms with Gasteiger partial charge in [0.25, 0.3) is 6.71 Å². The fourth-order valence-corrected chi connectivity index (χ4v) is 8.81. The van der Waals surface area contributed by atoms with Gasteiger partial charge in [0.1, 0.15) is 11.5 Å². The first-order valence-electron chi connectivity index (χ1n) is 12.6. The molecule has 0 atom stereocenters. The lowest BCUT2D eigenvalue weighted by atomic mass is 9.30. The summed E-state index contributed by atoms with van der Waals surface area (Å²) in [6.45, 7) is 2.68. The molecule has 0 saturated heterocycles. The van der Waals surface area contributed by atoms with E-state index in [0.717, 1.165) is 11.5 Å². The summed E-state index contributed by atoms with van der Waals surface area (Å²) >= 11 is 1.92. The van der Waals surface area contributed by atoms with Gasteiger partial charge in [0, 0.05) is 42.8 Å². The van der Waals surface area contributed by atoms with E-state index in [1.54, 1.807) is 0 Å². The summed E-state index contributed by atoms with van der Waals surface area (Å²) in [6.07, 6.45) is 0. The van der Waals surface area contributed by atoms with E-state index in [2.05, 4.69) is 96.4 Å². The average Bonchev–Trinajstić information content (AvgIpc) is 3.27. The first-order valence-corrected chi connectivity index (χ1v) is 13.4. The van der Waals surface area contributed by atoms with Crippen LogP contribution in [0.5, 0.6) is 11.5 Å². The number of aromatic nitrogens is 1. The monoisotopic (exact) mass is 473 g/mol. The zero-order valence-corrected chi connectivity index (χ0v) is 20.3. The topological polar surface area (TPSA) is 14.2 Å². The van der Waals surface area contributed by atoms with Gasteiger partial charge in [0.2, 0.25) is 6.71 Å². The van der Waals surface area contributed by atoms with Gasteiger partial charge in [-0.1, -0.05) is 90.0 Å². The maximum Gasteiger partial charge on any atom is 0.256 e. The number of fused-ring (bicyclic) bond motifs is 7. The Morgan fingerprint density at radius 1 is 0.667 bits per heavy atom. The van der Waals surface area contributed by atoms with Crippen LogP contribution in [0, 0.1) is 6.92 Å². The van der Waals surface area contributed by atoms with Crippen LogP contribution in [0.2, 0.25) is 0 Å². The van der Waals surface area contributed by atoms with Gasteiger partial charge in [-0.2, -0.15) is 0 Å². The minimum atomic E-state index is 0.175. The van der Waals surface area contributed by atoms with Crippen molar-refractivity contribution in [3.63, 3.8) is 0 Å². The van der Waals surface area contributed by atoms with Gasteiger partial charge in [-0.15, -0.1) is 0 Å². The van der Waals surface area contributed by atoms with E-state index in [1.807, 2.05) is 11.8 Å². The van der Waals surface area contributed by atoms with Crippen molar-refractivity contribution in [2.24, 2.45) is 0 Å². The molecule has 0 amide bonds. The molecule has 0 radical (unpaired) electrons. The van der Waals surface area contributed by atoms with E-state index in [-0.39, 0.29) is 13.4 Å². The summed E-state index contributed by atoms with van der Waals surface area (Å²) in [7, 11) is 0. The van der Waals surface area contributed by atoms with Crippen molar-refractivity contribution < 1.29 is 4.74 Å². The lowest BCUT2D eigenvalue weighted by Crippen LogP contribution is -2.65. The van der Waals surface area contributed by atoms with E-state index in [0.29, 0.717) is 0 Å². The van der Waals surface area contributed by atoms with Crippen LogP contribution >= 0.6 is 11.8 Å². The van der Waals surface area contributed by atoms with Crippen molar-refractivity contribution in [1.82, 2.24) is 4.57 Å². The first-order chi connectivity index (χ1) is 17.8. The quantitative estimate of drug-likeness (QED) is 0.314. The van der Waals surface area contributed by atoms with Crippen molar-refractivity contribution in [3.05, 3.63) is 90.5 Å². The van der Waals surface area contributed by atoms with Crippen LogP contribution in [0.25, 0.3) is 27.5 Å². The van der Waals surface area contributed by atoms with E-state index in [1.165, 1.54) is 75.6 Å². The van der Waals surface area contributed by atoms with Gasteiger partial charge < -0.3 is 9.30 Å². The molecule has 4 aliphatic heterocycles. The standard InChI is InChI=1S/C31H17B2NOS/c1-16-30-25-29-26-31(16)36-24-15-5-3-11-20(24)33(26)22-13-7-9-18-17-8-6-12-21(27(17)34(29)28(18)22)32(25)19-10-2-4-14-23(19)35-30/h2-15H,1H3. The summed E-state index contributed by atoms with van der Waals surface area (Å²) < 4.78 is 9.40. The van der Waals surface area contributed by atoms with Crippen LogP contribution in [-0.2, 0) is 0 Å². The highest BCUT2D eigenvalue weighted by Crippen LogP contribution is 2.44. The zero-order chi connectivity index (χ0) is 23.3. The van der Waals surface area contributed by atoms with Gasteiger partial charge in [-0.05, 0) is 46.4 Å². The molecule has 36 heavy (non-hydrogen) atoms. The molecule has 0 unspecified atom stereocenters. The Balaban J connectivity index is 1.52. The van der Waals surface area contributed by atoms with Crippen molar-refractivity contribution in [3.8, 4) is 17.2 Å². The molecule has 0 saturated carbocycles. The summed E-state index contributed by atoms with van der Waals surface area (Å²) in [5.41, 5.74) is 13.7. The van der Waals surface area contributed by atoms with Crippen molar-refractivity contribution in [2.45, 2.75) is 16.7 Å². The molecule has 0 spiro atoms. The maximum atomic E-state index is 6.79. The van der Waals surface area contributed by atoms with Gasteiger partial charge in [0.15, 0.2) is 0 Å². The highest BCUT2D eigenvalue weighted by molar-refractivity contribution is 8.00. The highest BCUT2D eigenvalue weighted by atomic mass is 32.2. The van der Waals surface area contributed by atoms with Gasteiger partial charge >= 0.3 is 0 Å². The third kappa shape index (κ3) is 1.84. The van der Waals surface area contributed by atoms with E-state index < -0.39 is 0 Å². The molecule has 6 aromatic rings. The molecule has 5 heteroatoms. The minimum absolute atomic E-state index is 0.175. The molecule has 0 bridgehead atoms. The molecule has 0 aliphatic carbocycles. The Hall–Kier alpha value is -3.82. The third-order valence-corrected chi connectivity index (χ3v) is 10.2. The number of rotatable bonds is 0. The molecule has 4 aliphatic rings. The van der Waals surface area contributed by atoms with E-state index in [9.17, 15) is 0 Å². The van der Waals surface area contributed by atoms with Crippen LogP contribution < -0.4 is 37.5 Å². The van der Waals surface area contributed by atoms with Crippen molar-refractivity contribution in [2.75, 3.05) is 0 Å². The first kappa shape index (κ1) is 18.4. The predicted molar refractivity (Wildman–Crippen MR) is 152 cm³/mol. The maximum absolute atomic E-state index is 6.79. The molecular weight excluding hydrogens is 456 g/mol. The predicted octanol–water partition coefficient (Wildman–Crippen LogP) is 3.32. The smallest absolute Gasteiger partial charge is 0.256 e. The number of benzene rings is 5.